The van der Waals surface area contributed by atoms with Crippen molar-refractivity contribution >= 4 is 27.7 Å². The molecule has 4 nitrogen and oxygen atoms in total. The Hall–Kier alpha value is -1.62. The Kier molecular flexibility index (Phi) is 3.81. The van der Waals surface area contributed by atoms with E-state index in [0.717, 1.165) is 15.7 Å². The van der Waals surface area contributed by atoms with Gasteiger partial charge in [-0.15, -0.1) is 0 Å². The SMILES string of the molecule is Cc1cc(NC(=O)Cc2cccc(Br)c2)n(C)n1. The predicted octanol–water partition coefficient (Wildman–Crippen LogP) is 2.67. The smallest absolute Gasteiger partial charge is 0.229 e. The molecule has 1 aromatic heterocycles. The fourth-order valence-corrected chi connectivity index (χ4v) is 2.19. The van der Waals surface area contributed by atoms with Crippen LogP contribution in [0.15, 0.2) is 34.8 Å². The molecule has 0 atom stereocenters. The Bertz CT molecular complexity index is 577. The van der Waals surface area contributed by atoms with Gasteiger partial charge in [-0.05, 0) is 24.6 Å². The van der Waals surface area contributed by atoms with Crippen LogP contribution < -0.4 is 5.32 Å². The van der Waals surface area contributed by atoms with E-state index < -0.39 is 0 Å². The van der Waals surface area contributed by atoms with Gasteiger partial charge in [0, 0.05) is 17.6 Å². The Labute approximate surface area is 114 Å². The maximum absolute atomic E-state index is 11.9. The number of amides is 1. The first-order chi connectivity index (χ1) is 8.54. The molecule has 0 aliphatic heterocycles. The zero-order valence-electron chi connectivity index (χ0n) is 10.3. The summed E-state index contributed by atoms with van der Waals surface area (Å²) in [5.41, 5.74) is 1.86. The van der Waals surface area contributed by atoms with Gasteiger partial charge in [0.05, 0.1) is 12.1 Å². The van der Waals surface area contributed by atoms with Gasteiger partial charge in [-0.2, -0.15) is 5.10 Å². The second-order valence-electron chi connectivity index (χ2n) is 4.15. The molecule has 0 aliphatic carbocycles. The van der Waals surface area contributed by atoms with E-state index in [-0.39, 0.29) is 5.91 Å². The maximum atomic E-state index is 11.9. The van der Waals surface area contributed by atoms with Gasteiger partial charge in [0.25, 0.3) is 0 Å². The van der Waals surface area contributed by atoms with Crippen molar-refractivity contribution in [3.05, 3.63) is 46.1 Å². The molecule has 0 aliphatic rings. The minimum Gasteiger partial charge on any atom is -0.311 e. The number of carbonyl (C=O) groups excluding carboxylic acids is 1. The molecular formula is C13H14BrN3O. The van der Waals surface area contributed by atoms with Gasteiger partial charge in [0.1, 0.15) is 5.82 Å². The van der Waals surface area contributed by atoms with Crippen molar-refractivity contribution in [2.75, 3.05) is 5.32 Å². The lowest BCUT2D eigenvalue weighted by atomic mass is 10.1. The summed E-state index contributed by atoms with van der Waals surface area (Å²) in [6.07, 6.45) is 0.351. The van der Waals surface area contributed by atoms with Gasteiger partial charge in [-0.3, -0.25) is 9.48 Å². The van der Waals surface area contributed by atoms with E-state index in [1.807, 2.05) is 44.3 Å². The molecule has 0 spiro atoms. The summed E-state index contributed by atoms with van der Waals surface area (Å²) in [5, 5.41) is 7.02. The fraction of sp³-hybridized carbons (Fsp3) is 0.231. The molecule has 0 bridgehead atoms. The molecule has 5 heteroatoms. The van der Waals surface area contributed by atoms with Gasteiger partial charge < -0.3 is 5.32 Å². The zero-order chi connectivity index (χ0) is 13.1. The number of nitrogens with one attached hydrogen (secondary N) is 1. The molecule has 18 heavy (non-hydrogen) atoms. The zero-order valence-corrected chi connectivity index (χ0v) is 11.9. The summed E-state index contributed by atoms with van der Waals surface area (Å²) in [6.45, 7) is 1.89. The van der Waals surface area contributed by atoms with Crippen molar-refractivity contribution in [1.29, 1.82) is 0 Å². The number of nitrogens with zero attached hydrogens (tertiary/aromatic N) is 2. The van der Waals surface area contributed by atoms with Crippen molar-refractivity contribution < 1.29 is 4.79 Å². The fourth-order valence-electron chi connectivity index (χ4n) is 1.75. The highest BCUT2D eigenvalue weighted by molar-refractivity contribution is 9.10. The van der Waals surface area contributed by atoms with Crippen LogP contribution in [0.25, 0.3) is 0 Å². The summed E-state index contributed by atoms with van der Waals surface area (Å²) in [6, 6.07) is 9.57. The maximum Gasteiger partial charge on any atom is 0.229 e. The van der Waals surface area contributed by atoms with E-state index in [1.165, 1.54) is 0 Å². The highest BCUT2D eigenvalue weighted by atomic mass is 79.9. The van der Waals surface area contributed by atoms with Gasteiger partial charge in [0.15, 0.2) is 0 Å². The summed E-state index contributed by atoms with van der Waals surface area (Å²) in [5.74, 6) is 0.670. The number of benzene rings is 1. The van der Waals surface area contributed by atoms with Crippen LogP contribution in [0.5, 0.6) is 0 Å². The van der Waals surface area contributed by atoms with E-state index in [1.54, 1.807) is 4.68 Å². The van der Waals surface area contributed by atoms with E-state index in [2.05, 4.69) is 26.3 Å². The molecule has 1 aromatic carbocycles. The highest BCUT2D eigenvalue weighted by Gasteiger charge is 2.08. The molecule has 0 saturated heterocycles. The average molecular weight is 308 g/mol. The van der Waals surface area contributed by atoms with Crippen molar-refractivity contribution in [1.82, 2.24) is 9.78 Å². The molecule has 2 aromatic rings. The van der Waals surface area contributed by atoms with Crippen LogP contribution in [0.4, 0.5) is 5.82 Å². The van der Waals surface area contributed by atoms with E-state index in [0.29, 0.717) is 12.2 Å². The van der Waals surface area contributed by atoms with Crippen molar-refractivity contribution in [3.8, 4) is 0 Å². The Morgan fingerprint density at radius 3 is 2.83 bits per heavy atom. The molecule has 0 radical (unpaired) electrons. The minimum absolute atomic E-state index is 0.0453. The predicted molar refractivity (Wildman–Crippen MR) is 74.4 cm³/mol. The van der Waals surface area contributed by atoms with Crippen LogP contribution in [0, 0.1) is 6.92 Å². The molecule has 1 heterocycles. The van der Waals surface area contributed by atoms with Crippen LogP contribution in [0.1, 0.15) is 11.3 Å². The molecule has 2 rings (SSSR count). The third-order valence-corrected chi connectivity index (χ3v) is 3.02. The first-order valence-corrected chi connectivity index (χ1v) is 6.39. The Balaban J connectivity index is 2.03. The molecule has 0 saturated carbocycles. The number of hydrogen-bond acceptors (Lipinski definition) is 2. The normalized spacial score (nSPS) is 10.4. The third kappa shape index (κ3) is 3.20. The average Bonchev–Trinajstić information content (AvgIpc) is 2.57. The monoisotopic (exact) mass is 307 g/mol. The second kappa shape index (κ2) is 5.35. The number of carbonyl (C=O) groups is 1. The summed E-state index contributed by atoms with van der Waals surface area (Å²) >= 11 is 3.39. The summed E-state index contributed by atoms with van der Waals surface area (Å²) in [7, 11) is 1.81. The quantitative estimate of drug-likeness (QED) is 0.947. The Morgan fingerprint density at radius 1 is 1.44 bits per heavy atom. The summed E-state index contributed by atoms with van der Waals surface area (Å²) in [4.78, 5) is 11.9. The largest absolute Gasteiger partial charge is 0.311 e. The lowest BCUT2D eigenvalue weighted by Gasteiger charge is -2.05. The lowest BCUT2D eigenvalue weighted by molar-refractivity contribution is -0.115. The lowest BCUT2D eigenvalue weighted by Crippen LogP contribution is -2.16. The van der Waals surface area contributed by atoms with Gasteiger partial charge in [-0.25, -0.2) is 0 Å². The molecule has 0 unspecified atom stereocenters. The summed E-state index contributed by atoms with van der Waals surface area (Å²) < 4.78 is 2.64. The van der Waals surface area contributed by atoms with Crippen LogP contribution in [0.3, 0.4) is 0 Å². The third-order valence-electron chi connectivity index (χ3n) is 2.52. The molecular weight excluding hydrogens is 294 g/mol. The van der Waals surface area contributed by atoms with Gasteiger partial charge in [0.2, 0.25) is 5.91 Å². The van der Waals surface area contributed by atoms with Crippen LogP contribution in [-0.4, -0.2) is 15.7 Å². The molecule has 94 valence electrons. The van der Waals surface area contributed by atoms with Gasteiger partial charge in [-0.1, -0.05) is 28.1 Å². The first-order valence-electron chi connectivity index (χ1n) is 5.59. The second-order valence-corrected chi connectivity index (χ2v) is 5.07. The topological polar surface area (TPSA) is 46.9 Å². The number of hydrogen-bond donors (Lipinski definition) is 1. The van der Waals surface area contributed by atoms with Crippen LogP contribution in [-0.2, 0) is 18.3 Å². The highest BCUT2D eigenvalue weighted by Crippen LogP contribution is 2.13. The van der Waals surface area contributed by atoms with Crippen LogP contribution in [0.2, 0.25) is 0 Å². The van der Waals surface area contributed by atoms with Crippen molar-refractivity contribution in [2.24, 2.45) is 7.05 Å². The van der Waals surface area contributed by atoms with E-state index in [9.17, 15) is 4.79 Å². The number of rotatable bonds is 3. The first kappa shape index (κ1) is 12.8. The standard InChI is InChI=1S/C13H14BrN3O/c1-9-6-12(17(2)16-9)15-13(18)8-10-4-3-5-11(14)7-10/h3-7H,8H2,1-2H3,(H,15,18). The molecule has 0 fully saturated rings. The van der Waals surface area contributed by atoms with Crippen molar-refractivity contribution in [2.45, 2.75) is 13.3 Å². The molecule has 1 N–H and O–H groups in total. The van der Waals surface area contributed by atoms with E-state index in [4.69, 9.17) is 0 Å². The number of anilines is 1. The number of aromatic nitrogens is 2. The molecule has 1 amide bonds. The van der Waals surface area contributed by atoms with Crippen molar-refractivity contribution in [3.63, 3.8) is 0 Å². The number of halogens is 1. The van der Waals surface area contributed by atoms with E-state index >= 15 is 0 Å². The number of aryl methyl sites for hydroxylation is 2. The Morgan fingerprint density at radius 2 is 2.22 bits per heavy atom. The minimum atomic E-state index is -0.0453. The van der Waals surface area contributed by atoms with Gasteiger partial charge >= 0.3 is 0 Å². The van der Waals surface area contributed by atoms with Crippen LogP contribution >= 0.6 is 15.9 Å².